The molecule has 1 N–H and O–H groups in total. The van der Waals surface area contributed by atoms with Crippen LogP contribution in [0.4, 0.5) is 4.79 Å². The Morgan fingerprint density at radius 1 is 1.21 bits per heavy atom. The molecular weight excluding hydrogens is 242 g/mol. The summed E-state index contributed by atoms with van der Waals surface area (Å²) in [5.74, 6) is 0.598. The van der Waals surface area contributed by atoms with Gasteiger partial charge in [-0.2, -0.15) is 0 Å². The first-order valence-corrected chi connectivity index (χ1v) is 7.22. The number of ether oxygens (including phenoxy) is 1. The lowest BCUT2D eigenvalue weighted by atomic mass is 9.79. The fourth-order valence-electron chi connectivity index (χ4n) is 2.49. The van der Waals surface area contributed by atoms with Gasteiger partial charge < -0.3 is 14.7 Å². The Balaban J connectivity index is 2.39. The molecule has 0 bridgehead atoms. The normalized spacial score (nSPS) is 18.5. The van der Waals surface area contributed by atoms with E-state index in [9.17, 15) is 9.90 Å². The van der Waals surface area contributed by atoms with E-state index < -0.39 is 5.60 Å². The molecule has 0 aromatic carbocycles. The number of hydrogen-bond acceptors (Lipinski definition) is 3. The lowest BCUT2D eigenvalue weighted by Gasteiger charge is -2.36. The van der Waals surface area contributed by atoms with Crippen LogP contribution in [0.1, 0.15) is 53.9 Å². The first-order valence-electron chi connectivity index (χ1n) is 7.22. The maximum absolute atomic E-state index is 11.9. The third-order valence-corrected chi connectivity index (χ3v) is 3.54. The quantitative estimate of drug-likeness (QED) is 0.858. The minimum Gasteiger partial charge on any atom is -0.444 e. The number of likely N-dealkylation sites (tertiary alicyclic amines) is 1. The Kier molecular flexibility index (Phi) is 5.25. The van der Waals surface area contributed by atoms with E-state index in [0.29, 0.717) is 5.92 Å². The van der Waals surface area contributed by atoms with Gasteiger partial charge in [-0.3, -0.25) is 0 Å². The molecule has 0 radical (unpaired) electrons. The van der Waals surface area contributed by atoms with Crippen molar-refractivity contribution in [3.05, 3.63) is 0 Å². The average molecular weight is 271 g/mol. The van der Waals surface area contributed by atoms with Crippen LogP contribution >= 0.6 is 0 Å². The first-order chi connectivity index (χ1) is 8.63. The minimum atomic E-state index is -0.424. The summed E-state index contributed by atoms with van der Waals surface area (Å²) in [6.07, 6.45) is 2.82. The van der Waals surface area contributed by atoms with Crippen molar-refractivity contribution in [2.45, 2.75) is 59.5 Å². The third kappa shape index (κ3) is 5.81. The number of piperidine rings is 1. The van der Waals surface area contributed by atoms with Crippen LogP contribution in [0.15, 0.2) is 0 Å². The second-order valence-corrected chi connectivity index (χ2v) is 7.44. The van der Waals surface area contributed by atoms with Gasteiger partial charge in [0.25, 0.3) is 0 Å². The third-order valence-electron chi connectivity index (χ3n) is 3.54. The highest BCUT2D eigenvalue weighted by Gasteiger charge is 2.29. The number of nitrogens with zero attached hydrogens (tertiary/aromatic N) is 1. The maximum Gasteiger partial charge on any atom is 0.410 e. The molecule has 1 aliphatic heterocycles. The molecule has 0 aliphatic carbocycles. The van der Waals surface area contributed by atoms with Crippen LogP contribution in [0.25, 0.3) is 0 Å². The van der Waals surface area contributed by atoms with Crippen molar-refractivity contribution in [2.75, 3.05) is 19.7 Å². The molecule has 0 atom stereocenters. The van der Waals surface area contributed by atoms with E-state index in [1.807, 2.05) is 20.8 Å². The maximum atomic E-state index is 11.9. The van der Waals surface area contributed by atoms with Crippen LogP contribution < -0.4 is 0 Å². The van der Waals surface area contributed by atoms with Gasteiger partial charge in [-0.05, 0) is 51.4 Å². The van der Waals surface area contributed by atoms with Gasteiger partial charge in [-0.15, -0.1) is 0 Å². The van der Waals surface area contributed by atoms with E-state index in [4.69, 9.17) is 4.74 Å². The Morgan fingerprint density at radius 3 is 2.16 bits per heavy atom. The molecule has 1 heterocycles. The van der Waals surface area contributed by atoms with Gasteiger partial charge in [0.1, 0.15) is 5.60 Å². The minimum absolute atomic E-state index is 0.0151. The zero-order chi connectivity index (χ0) is 14.7. The summed E-state index contributed by atoms with van der Waals surface area (Å²) < 4.78 is 5.38. The van der Waals surface area contributed by atoms with E-state index in [1.165, 1.54) is 0 Å². The molecule has 4 nitrogen and oxygen atoms in total. The molecule has 0 aromatic heterocycles. The lowest BCUT2D eigenvalue weighted by Crippen LogP contribution is -2.42. The van der Waals surface area contributed by atoms with Gasteiger partial charge >= 0.3 is 6.09 Å². The zero-order valence-electron chi connectivity index (χ0n) is 13.0. The van der Waals surface area contributed by atoms with E-state index >= 15 is 0 Å². The van der Waals surface area contributed by atoms with Crippen molar-refractivity contribution in [3.63, 3.8) is 0 Å². The smallest absolute Gasteiger partial charge is 0.410 e. The Morgan fingerprint density at radius 2 is 1.74 bits per heavy atom. The van der Waals surface area contributed by atoms with Crippen molar-refractivity contribution >= 4 is 6.09 Å². The predicted molar refractivity (Wildman–Crippen MR) is 76.0 cm³/mol. The van der Waals surface area contributed by atoms with E-state index in [2.05, 4.69) is 13.8 Å². The lowest BCUT2D eigenvalue weighted by molar-refractivity contribution is 0.0155. The largest absolute Gasteiger partial charge is 0.444 e. The molecule has 1 saturated heterocycles. The van der Waals surface area contributed by atoms with Gasteiger partial charge in [-0.1, -0.05) is 13.8 Å². The van der Waals surface area contributed by atoms with E-state index in [1.54, 1.807) is 4.90 Å². The van der Waals surface area contributed by atoms with Crippen LogP contribution in [-0.2, 0) is 4.74 Å². The topological polar surface area (TPSA) is 49.8 Å². The van der Waals surface area contributed by atoms with Gasteiger partial charge in [0, 0.05) is 19.7 Å². The highest BCUT2D eigenvalue weighted by molar-refractivity contribution is 5.68. The number of amides is 1. The zero-order valence-corrected chi connectivity index (χ0v) is 13.0. The Hall–Kier alpha value is -0.770. The van der Waals surface area contributed by atoms with Crippen molar-refractivity contribution in [2.24, 2.45) is 11.3 Å². The average Bonchev–Trinajstić information content (AvgIpc) is 2.27. The molecule has 1 aliphatic rings. The highest BCUT2D eigenvalue weighted by atomic mass is 16.6. The number of aliphatic hydroxyl groups excluding tert-OH is 1. The molecular formula is C15H29NO3. The molecule has 112 valence electrons. The molecule has 1 fully saturated rings. The van der Waals surface area contributed by atoms with Gasteiger partial charge in [0.05, 0.1) is 0 Å². The van der Waals surface area contributed by atoms with Crippen LogP contribution in [0, 0.1) is 11.3 Å². The second-order valence-electron chi connectivity index (χ2n) is 7.44. The molecule has 0 unspecified atom stereocenters. The molecule has 1 amide bonds. The molecule has 0 spiro atoms. The molecule has 0 saturated carbocycles. The van der Waals surface area contributed by atoms with Gasteiger partial charge in [0.15, 0.2) is 0 Å². The number of rotatable bonds is 3. The summed E-state index contributed by atoms with van der Waals surface area (Å²) in [7, 11) is 0. The standard InChI is InChI=1S/C15H29NO3/c1-14(2,3)19-13(18)16-8-6-12(7-9-16)10-15(4,5)11-17/h12,17H,6-11H2,1-5H3. The van der Waals surface area contributed by atoms with Crippen molar-refractivity contribution in [1.82, 2.24) is 4.90 Å². The molecule has 4 heteroatoms. The van der Waals surface area contributed by atoms with Crippen LogP contribution in [-0.4, -0.2) is 41.4 Å². The predicted octanol–water partition coefficient (Wildman–Crippen LogP) is 3.04. The van der Waals surface area contributed by atoms with Crippen LogP contribution in [0.2, 0.25) is 0 Å². The summed E-state index contributed by atoms with van der Waals surface area (Å²) in [6, 6.07) is 0. The highest BCUT2D eigenvalue weighted by Crippen LogP contribution is 2.31. The summed E-state index contributed by atoms with van der Waals surface area (Å²) in [6.45, 7) is 11.6. The molecule has 0 aromatic rings. The van der Waals surface area contributed by atoms with Crippen molar-refractivity contribution < 1.29 is 14.6 Å². The van der Waals surface area contributed by atoms with Crippen molar-refractivity contribution in [1.29, 1.82) is 0 Å². The second kappa shape index (κ2) is 6.12. The van der Waals surface area contributed by atoms with Crippen LogP contribution in [0.3, 0.4) is 0 Å². The van der Waals surface area contributed by atoms with E-state index in [-0.39, 0.29) is 18.1 Å². The number of aliphatic hydroxyl groups is 1. The number of hydrogen-bond donors (Lipinski definition) is 1. The molecule has 1 rings (SSSR count). The van der Waals surface area contributed by atoms with E-state index in [0.717, 1.165) is 32.4 Å². The Bertz CT molecular complexity index is 299. The molecule has 19 heavy (non-hydrogen) atoms. The fraction of sp³-hybridized carbons (Fsp3) is 0.933. The van der Waals surface area contributed by atoms with Gasteiger partial charge in [0.2, 0.25) is 0 Å². The van der Waals surface area contributed by atoms with Gasteiger partial charge in [-0.25, -0.2) is 4.79 Å². The monoisotopic (exact) mass is 271 g/mol. The summed E-state index contributed by atoms with van der Waals surface area (Å²) in [5.41, 5.74) is -0.439. The van der Waals surface area contributed by atoms with Crippen molar-refractivity contribution in [3.8, 4) is 0 Å². The SMILES string of the molecule is CC(C)(CO)CC1CCN(C(=O)OC(C)(C)C)CC1. The number of carbonyl (C=O) groups excluding carboxylic acids is 1. The first kappa shape index (κ1) is 16.3. The summed E-state index contributed by atoms with van der Waals surface area (Å²) in [4.78, 5) is 13.7. The summed E-state index contributed by atoms with van der Waals surface area (Å²) >= 11 is 0. The Labute approximate surface area is 117 Å². The summed E-state index contributed by atoms with van der Waals surface area (Å²) in [5, 5.41) is 9.31. The fourth-order valence-corrected chi connectivity index (χ4v) is 2.49. The number of carbonyl (C=O) groups is 1. The van der Waals surface area contributed by atoms with Crippen LogP contribution in [0.5, 0.6) is 0 Å².